The van der Waals surface area contributed by atoms with Gasteiger partial charge < -0.3 is 10.4 Å². The van der Waals surface area contributed by atoms with Crippen LogP contribution in [0.3, 0.4) is 0 Å². The fourth-order valence-corrected chi connectivity index (χ4v) is 2.15. The molecule has 0 bridgehead atoms. The lowest BCUT2D eigenvalue weighted by Crippen LogP contribution is -2.26. The summed E-state index contributed by atoms with van der Waals surface area (Å²) >= 11 is 0. The van der Waals surface area contributed by atoms with E-state index in [2.05, 4.69) is 24.3 Å². The van der Waals surface area contributed by atoms with Gasteiger partial charge in [0.1, 0.15) is 0 Å². The SMILES string of the molecule is Cc1nn(Cc2ccc(C(=O)NCCO)cc2)c(C)c1C. The van der Waals surface area contributed by atoms with Crippen LogP contribution in [0, 0.1) is 20.8 Å². The van der Waals surface area contributed by atoms with E-state index in [4.69, 9.17) is 5.11 Å². The molecular weight excluding hydrogens is 266 g/mol. The van der Waals surface area contributed by atoms with E-state index >= 15 is 0 Å². The van der Waals surface area contributed by atoms with E-state index in [1.165, 1.54) is 5.56 Å². The number of hydrogen-bond acceptors (Lipinski definition) is 3. The van der Waals surface area contributed by atoms with Gasteiger partial charge in [0.25, 0.3) is 5.91 Å². The smallest absolute Gasteiger partial charge is 0.251 e. The molecular formula is C16H21N3O2. The molecule has 0 saturated carbocycles. The number of nitrogens with one attached hydrogen (secondary N) is 1. The fourth-order valence-electron chi connectivity index (χ4n) is 2.15. The van der Waals surface area contributed by atoms with E-state index in [0.29, 0.717) is 12.1 Å². The Hall–Kier alpha value is -2.14. The summed E-state index contributed by atoms with van der Waals surface area (Å²) in [4.78, 5) is 11.7. The average molecular weight is 287 g/mol. The highest BCUT2D eigenvalue weighted by atomic mass is 16.3. The maximum absolute atomic E-state index is 11.7. The third kappa shape index (κ3) is 3.49. The number of nitrogens with zero attached hydrogens (tertiary/aromatic N) is 2. The molecule has 5 heteroatoms. The van der Waals surface area contributed by atoms with Crippen LogP contribution >= 0.6 is 0 Å². The summed E-state index contributed by atoms with van der Waals surface area (Å²) in [5, 5.41) is 15.8. The number of amides is 1. The summed E-state index contributed by atoms with van der Waals surface area (Å²) in [6, 6.07) is 7.44. The Morgan fingerprint density at radius 2 is 1.90 bits per heavy atom. The van der Waals surface area contributed by atoms with Crippen molar-refractivity contribution >= 4 is 5.91 Å². The molecule has 0 saturated heterocycles. The minimum Gasteiger partial charge on any atom is -0.395 e. The molecule has 2 rings (SSSR count). The molecule has 0 spiro atoms. The first kappa shape index (κ1) is 15.3. The molecule has 0 atom stereocenters. The molecule has 0 aliphatic rings. The van der Waals surface area contributed by atoms with Gasteiger partial charge in [0.05, 0.1) is 18.8 Å². The number of benzene rings is 1. The van der Waals surface area contributed by atoms with Gasteiger partial charge in [0.15, 0.2) is 0 Å². The Morgan fingerprint density at radius 1 is 1.24 bits per heavy atom. The summed E-state index contributed by atoms with van der Waals surface area (Å²) < 4.78 is 1.98. The number of aliphatic hydroxyl groups excluding tert-OH is 1. The average Bonchev–Trinajstić information content (AvgIpc) is 2.73. The fraction of sp³-hybridized carbons (Fsp3) is 0.375. The highest BCUT2D eigenvalue weighted by Crippen LogP contribution is 2.13. The summed E-state index contributed by atoms with van der Waals surface area (Å²) in [6.45, 7) is 7.05. The van der Waals surface area contributed by atoms with Crippen molar-refractivity contribution in [2.24, 2.45) is 0 Å². The molecule has 1 amide bonds. The summed E-state index contributed by atoms with van der Waals surface area (Å²) in [6.07, 6.45) is 0. The van der Waals surface area contributed by atoms with E-state index in [1.807, 2.05) is 23.7 Å². The Morgan fingerprint density at radius 3 is 2.43 bits per heavy atom. The van der Waals surface area contributed by atoms with Crippen LogP contribution in [0.1, 0.15) is 32.9 Å². The number of aliphatic hydroxyl groups is 1. The highest BCUT2D eigenvalue weighted by Gasteiger charge is 2.08. The Bertz CT molecular complexity index is 630. The van der Waals surface area contributed by atoms with Gasteiger partial charge in [-0.1, -0.05) is 12.1 Å². The van der Waals surface area contributed by atoms with Gasteiger partial charge in [-0.25, -0.2) is 0 Å². The molecule has 0 unspecified atom stereocenters. The molecule has 112 valence electrons. The van der Waals surface area contributed by atoms with Crippen molar-refractivity contribution in [1.29, 1.82) is 0 Å². The van der Waals surface area contributed by atoms with E-state index < -0.39 is 0 Å². The van der Waals surface area contributed by atoms with Crippen molar-refractivity contribution in [3.05, 3.63) is 52.3 Å². The number of hydrogen-bond donors (Lipinski definition) is 2. The first-order valence-corrected chi connectivity index (χ1v) is 7.01. The monoisotopic (exact) mass is 287 g/mol. The predicted molar refractivity (Wildman–Crippen MR) is 81.4 cm³/mol. The van der Waals surface area contributed by atoms with Crippen molar-refractivity contribution in [1.82, 2.24) is 15.1 Å². The van der Waals surface area contributed by atoms with Crippen LogP contribution in [0.4, 0.5) is 0 Å². The van der Waals surface area contributed by atoms with Crippen molar-refractivity contribution in [2.75, 3.05) is 13.2 Å². The molecule has 1 aromatic carbocycles. The van der Waals surface area contributed by atoms with Crippen LogP contribution in [-0.2, 0) is 6.54 Å². The lowest BCUT2D eigenvalue weighted by Gasteiger charge is -2.07. The second kappa shape index (κ2) is 6.54. The van der Waals surface area contributed by atoms with Crippen molar-refractivity contribution in [3.8, 4) is 0 Å². The number of rotatable bonds is 5. The summed E-state index contributed by atoms with van der Waals surface area (Å²) in [7, 11) is 0. The lowest BCUT2D eigenvalue weighted by atomic mass is 10.1. The zero-order valence-corrected chi connectivity index (χ0v) is 12.7. The van der Waals surface area contributed by atoms with Crippen LogP contribution in [0.5, 0.6) is 0 Å². The summed E-state index contributed by atoms with van der Waals surface area (Å²) in [5.41, 5.74) is 5.12. The molecule has 5 nitrogen and oxygen atoms in total. The normalized spacial score (nSPS) is 10.7. The first-order valence-electron chi connectivity index (χ1n) is 7.01. The van der Waals surface area contributed by atoms with Gasteiger partial charge in [-0.05, 0) is 44.0 Å². The Kier molecular flexibility index (Phi) is 4.75. The molecule has 0 aliphatic heterocycles. The van der Waals surface area contributed by atoms with Gasteiger partial charge in [-0.3, -0.25) is 9.48 Å². The highest BCUT2D eigenvalue weighted by molar-refractivity contribution is 5.94. The quantitative estimate of drug-likeness (QED) is 0.877. The minimum atomic E-state index is -0.169. The third-order valence-electron chi connectivity index (χ3n) is 3.69. The topological polar surface area (TPSA) is 67.2 Å². The van der Waals surface area contributed by atoms with Gasteiger partial charge in [-0.15, -0.1) is 0 Å². The lowest BCUT2D eigenvalue weighted by molar-refractivity contribution is 0.0945. The predicted octanol–water partition coefficient (Wildman–Crippen LogP) is 1.58. The van der Waals surface area contributed by atoms with Crippen LogP contribution < -0.4 is 5.32 Å². The van der Waals surface area contributed by atoms with Crippen LogP contribution in [0.2, 0.25) is 0 Å². The van der Waals surface area contributed by atoms with Crippen molar-refractivity contribution in [3.63, 3.8) is 0 Å². The van der Waals surface area contributed by atoms with Gasteiger partial charge in [-0.2, -0.15) is 5.10 Å². The zero-order valence-electron chi connectivity index (χ0n) is 12.7. The second-order valence-corrected chi connectivity index (χ2v) is 5.13. The molecule has 1 aromatic heterocycles. The molecule has 0 aliphatic carbocycles. The van der Waals surface area contributed by atoms with Crippen LogP contribution in [0.25, 0.3) is 0 Å². The molecule has 21 heavy (non-hydrogen) atoms. The second-order valence-electron chi connectivity index (χ2n) is 5.13. The van der Waals surface area contributed by atoms with E-state index in [-0.39, 0.29) is 19.1 Å². The Labute approximate surface area is 124 Å². The first-order chi connectivity index (χ1) is 10.0. The van der Waals surface area contributed by atoms with Crippen molar-refractivity contribution < 1.29 is 9.90 Å². The molecule has 0 radical (unpaired) electrons. The molecule has 0 fully saturated rings. The maximum Gasteiger partial charge on any atom is 0.251 e. The van der Waals surface area contributed by atoms with E-state index in [9.17, 15) is 4.79 Å². The van der Waals surface area contributed by atoms with Crippen LogP contribution in [0.15, 0.2) is 24.3 Å². The minimum absolute atomic E-state index is 0.0545. The van der Waals surface area contributed by atoms with Gasteiger partial charge in [0.2, 0.25) is 0 Å². The zero-order chi connectivity index (χ0) is 15.4. The number of aromatic nitrogens is 2. The Balaban J connectivity index is 2.09. The number of carbonyl (C=O) groups is 1. The van der Waals surface area contributed by atoms with Crippen LogP contribution in [-0.4, -0.2) is 33.9 Å². The molecule has 1 heterocycles. The maximum atomic E-state index is 11.7. The molecule has 2 aromatic rings. The van der Waals surface area contributed by atoms with Gasteiger partial charge in [0, 0.05) is 17.8 Å². The standard InChI is InChI=1S/C16H21N3O2/c1-11-12(2)18-19(13(11)3)10-14-4-6-15(7-5-14)16(21)17-8-9-20/h4-7,20H,8-10H2,1-3H3,(H,17,21). The van der Waals surface area contributed by atoms with Crippen molar-refractivity contribution in [2.45, 2.75) is 27.3 Å². The third-order valence-corrected chi connectivity index (χ3v) is 3.69. The van der Waals surface area contributed by atoms with E-state index in [0.717, 1.165) is 17.0 Å². The van der Waals surface area contributed by atoms with Gasteiger partial charge >= 0.3 is 0 Å². The molecule has 2 N–H and O–H groups in total. The number of aryl methyl sites for hydroxylation is 1. The van der Waals surface area contributed by atoms with E-state index in [1.54, 1.807) is 12.1 Å². The summed E-state index contributed by atoms with van der Waals surface area (Å²) in [5.74, 6) is -0.169. The number of carbonyl (C=O) groups excluding carboxylic acids is 1. The largest absolute Gasteiger partial charge is 0.395 e.